The van der Waals surface area contributed by atoms with E-state index in [4.69, 9.17) is 11.6 Å². The van der Waals surface area contributed by atoms with Crippen LogP contribution in [0, 0.1) is 0 Å². The molecule has 0 saturated heterocycles. The molecule has 1 N–H and O–H groups in total. The Balaban J connectivity index is 1.97. The van der Waals surface area contributed by atoms with Gasteiger partial charge >= 0.3 is 0 Å². The average molecular weight is 284 g/mol. The van der Waals surface area contributed by atoms with Gasteiger partial charge in [-0.1, -0.05) is 54.1 Å². The highest BCUT2D eigenvalue weighted by atomic mass is 35.5. The average Bonchev–Trinajstić information content (AvgIpc) is 2.49. The molecular formula is C17H14ClNO. The number of benzene rings is 2. The lowest BCUT2D eigenvalue weighted by atomic mass is 9.96. The quantitative estimate of drug-likeness (QED) is 0.783. The van der Waals surface area contributed by atoms with Gasteiger partial charge < -0.3 is 5.11 Å². The van der Waals surface area contributed by atoms with Gasteiger partial charge in [0, 0.05) is 18.8 Å². The van der Waals surface area contributed by atoms with Crippen molar-refractivity contribution in [2.45, 2.75) is 12.5 Å². The SMILES string of the molecule is OC(Cc1ccncc1Cl)c1cccc2ccccc12. The molecule has 20 heavy (non-hydrogen) atoms. The maximum Gasteiger partial charge on any atom is 0.0836 e. The minimum absolute atomic E-state index is 0.482. The van der Waals surface area contributed by atoms with Crippen LogP contribution < -0.4 is 0 Å². The number of hydrogen-bond acceptors (Lipinski definition) is 2. The highest BCUT2D eigenvalue weighted by Crippen LogP contribution is 2.28. The molecule has 0 spiro atoms. The van der Waals surface area contributed by atoms with Crippen LogP contribution in [-0.2, 0) is 6.42 Å². The van der Waals surface area contributed by atoms with Gasteiger partial charge in [0.2, 0.25) is 0 Å². The summed E-state index contributed by atoms with van der Waals surface area (Å²) in [5.41, 5.74) is 1.83. The molecule has 0 aliphatic carbocycles. The van der Waals surface area contributed by atoms with Gasteiger partial charge in [-0.05, 0) is 28.0 Å². The summed E-state index contributed by atoms with van der Waals surface area (Å²) in [5, 5.41) is 13.3. The molecule has 1 aromatic heterocycles. The summed E-state index contributed by atoms with van der Waals surface area (Å²) in [7, 11) is 0. The van der Waals surface area contributed by atoms with Gasteiger partial charge in [-0.25, -0.2) is 0 Å². The van der Waals surface area contributed by atoms with Crippen molar-refractivity contribution < 1.29 is 5.11 Å². The van der Waals surface area contributed by atoms with Crippen molar-refractivity contribution in [1.29, 1.82) is 0 Å². The van der Waals surface area contributed by atoms with Crippen LogP contribution in [0.25, 0.3) is 10.8 Å². The lowest BCUT2D eigenvalue weighted by Gasteiger charge is -2.14. The normalized spacial score (nSPS) is 12.5. The highest BCUT2D eigenvalue weighted by Gasteiger charge is 2.13. The smallest absolute Gasteiger partial charge is 0.0836 e. The molecule has 0 fully saturated rings. The van der Waals surface area contributed by atoms with Crippen molar-refractivity contribution in [1.82, 2.24) is 4.98 Å². The van der Waals surface area contributed by atoms with Gasteiger partial charge in [0.25, 0.3) is 0 Å². The molecule has 3 heteroatoms. The number of fused-ring (bicyclic) bond motifs is 1. The largest absolute Gasteiger partial charge is 0.388 e. The van der Waals surface area contributed by atoms with Crippen LogP contribution in [0.15, 0.2) is 60.9 Å². The van der Waals surface area contributed by atoms with E-state index in [2.05, 4.69) is 4.98 Å². The molecule has 1 heterocycles. The first-order chi connectivity index (χ1) is 9.75. The third-order valence-corrected chi connectivity index (χ3v) is 3.79. The van der Waals surface area contributed by atoms with Crippen molar-refractivity contribution in [2.75, 3.05) is 0 Å². The molecule has 0 amide bonds. The standard InChI is InChI=1S/C17H14ClNO/c18-16-11-19-9-8-13(16)10-17(20)15-7-3-5-12-4-1-2-6-14(12)15/h1-9,11,17,20H,10H2. The van der Waals surface area contributed by atoms with Crippen molar-refractivity contribution >= 4 is 22.4 Å². The second-order valence-corrected chi connectivity index (χ2v) is 5.16. The molecule has 0 aliphatic rings. The number of rotatable bonds is 3. The van der Waals surface area contributed by atoms with Crippen molar-refractivity contribution in [3.8, 4) is 0 Å². The van der Waals surface area contributed by atoms with Crippen LogP contribution in [0.5, 0.6) is 0 Å². The van der Waals surface area contributed by atoms with E-state index in [9.17, 15) is 5.11 Å². The maximum atomic E-state index is 10.5. The first-order valence-electron chi connectivity index (χ1n) is 6.50. The van der Waals surface area contributed by atoms with E-state index in [0.717, 1.165) is 21.9 Å². The number of pyridine rings is 1. The van der Waals surface area contributed by atoms with Crippen molar-refractivity contribution in [2.24, 2.45) is 0 Å². The first kappa shape index (κ1) is 13.1. The van der Waals surface area contributed by atoms with Crippen molar-refractivity contribution in [3.05, 3.63) is 77.1 Å². The number of halogens is 1. The molecular weight excluding hydrogens is 270 g/mol. The number of hydrogen-bond donors (Lipinski definition) is 1. The summed E-state index contributed by atoms with van der Waals surface area (Å²) >= 11 is 6.10. The molecule has 3 aromatic rings. The second-order valence-electron chi connectivity index (χ2n) is 4.76. The first-order valence-corrected chi connectivity index (χ1v) is 6.87. The zero-order valence-electron chi connectivity index (χ0n) is 10.8. The van der Waals surface area contributed by atoms with Gasteiger partial charge in [0.15, 0.2) is 0 Å². The maximum absolute atomic E-state index is 10.5. The Labute approximate surface area is 122 Å². The van der Waals surface area contributed by atoms with Crippen molar-refractivity contribution in [3.63, 3.8) is 0 Å². The zero-order chi connectivity index (χ0) is 13.9. The van der Waals surface area contributed by atoms with Crippen LogP contribution in [0.4, 0.5) is 0 Å². The Kier molecular flexibility index (Phi) is 3.68. The zero-order valence-corrected chi connectivity index (χ0v) is 11.6. The highest BCUT2D eigenvalue weighted by molar-refractivity contribution is 6.31. The summed E-state index contributed by atoms with van der Waals surface area (Å²) < 4.78 is 0. The van der Waals surface area contributed by atoms with E-state index in [1.54, 1.807) is 12.4 Å². The lowest BCUT2D eigenvalue weighted by molar-refractivity contribution is 0.180. The molecule has 0 aliphatic heterocycles. The summed E-state index contributed by atoms with van der Waals surface area (Å²) in [6, 6.07) is 15.9. The molecule has 100 valence electrons. The fourth-order valence-electron chi connectivity index (χ4n) is 2.43. The Morgan fingerprint density at radius 1 is 1.05 bits per heavy atom. The van der Waals surface area contributed by atoms with Crippen LogP contribution in [0.1, 0.15) is 17.2 Å². The predicted octanol–water partition coefficient (Wildman–Crippen LogP) is 4.16. The second kappa shape index (κ2) is 5.61. The molecule has 0 radical (unpaired) electrons. The Morgan fingerprint density at radius 2 is 1.85 bits per heavy atom. The van der Waals surface area contributed by atoms with E-state index in [0.29, 0.717) is 11.4 Å². The third kappa shape index (κ3) is 2.53. The predicted molar refractivity (Wildman–Crippen MR) is 81.9 cm³/mol. The van der Waals surface area contributed by atoms with Gasteiger partial charge in [-0.15, -0.1) is 0 Å². The van der Waals surface area contributed by atoms with Gasteiger partial charge in [-0.3, -0.25) is 4.98 Å². The Morgan fingerprint density at radius 3 is 2.70 bits per heavy atom. The van der Waals surface area contributed by atoms with Gasteiger partial charge in [-0.2, -0.15) is 0 Å². The molecule has 0 bridgehead atoms. The number of nitrogens with zero attached hydrogens (tertiary/aromatic N) is 1. The number of aromatic nitrogens is 1. The minimum atomic E-state index is -0.582. The van der Waals surface area contributed by atoms with Crippen LogP contribution in [-0.4, -0.2) is 10.1 Å². The third-order valence-electron chi connectivity index (χ3n) is 3.45. The number of aliphatic hydroxyl groups is 1. The van der Waals surface area contributed by atoms with E-state index in [-0.39, 0.29) is 0 Å². The Hall–Kier alpha value is -1.90. The van der Waals surface area contributed by atoms with Gasteiger partial charge in [0.05, 0.1) is 11.1 Å². The van der Waals surface area contributed by atoms with Crippen LogP contribution >= 0.6 is 11.6 Å². The lowest BCUT2D eigenvalue weighted by Crippen LogP contribution is -2.03. The summed E-state index contributed by atoms with van der Waals surface area (Å²) in [5.74, 6) is 0. The molecule has 2 nitrogen and oxygen atoms in total. The topological polar surface area (TPSA) is 33.1 Å². The Bertz CT molecular complexity index is 736. The summed E-state index contributed by atoms with van der Waals surface area (Å²) in [6.45, 7) is 0. The fraction of sp³-hybridized carbons (Fsp3) is 0.118. The summed E-state index contributed by atoms with van der Waals surface area (Å²) in [6.07, 6.45) is 3.19. The van der Waals surface area contributed by atoms with E-state index >= 15 is 0 Å². The molecule has 1 unspecified atom stereocenters. The van der Waals surface area contributed by atoms with E-state index < -0.39 is 6.10 Å². The molecule has 3 rings (SSSR count). The van der Waals surface area contributed by atoms with Crippen LogP contribution in [0.2, 0.25) is 5.02 Å². The number of aliphatic hydroxyl groups excluding tert-OH is 1. The summed E-state index contributed by atoms with van der Waals surface area (Å²) in [4.78, 5) is 3.96. The minimum Gasteiger partial charge on any atom is -0.388 e. The van der Waals surface area contributed by atoms with E-state index in [1.165, 1.54) is 0 Å². The molecule has 1 atom stereocenters. The monoisotopic (exact) mass is 283 g/mol. The van der Waals surface area contributed by atoms with Crippen LogP contribution in [0.3, 0.4) is 0 Å². The van der Waals surface area contributed by atoms with E-state index in [1.807, 2.05) is 48.5 Å². The van der Waals surface area contributed by atoms with Gasteiger partial charge in [0.1, 0.15) is 0 Å². The molecule has 0 saturated carbocycles. The molecule has 2 aromatic carbocycles. The fourth-order valence-corrected chi connectivity index (χ4v) is 2.63.